The van der Waals surface area contributed by atoms with Gasteiger partial charge in [0.1, 0.15) is 11.6 Å². The van der Waals surface area contributed by atoms with Gasteiger partial charge >= 0.3 is 0 Å². The lowest BCUT2D eigenvalue weighted by molar-refractivity contribution is 0.0955. The molecule has 1 N–H and O–H groups in total. The van der Waals surface area contributed by atoms with E-state index in [1.807, 2.05) is 12.1 Å². The highest BCUT2D eigenvalue weighted by molar-refractivity contribution is 7.17. The Kier molecular flexibility index (Phi) is 5.64. The van der Waals surface area contributed by atoms with Gasteiger partial charge in [-0.2, -0.15) is 0 Å². The van der Waals surface area contributed by atoms with E-state index >= 15 is 0 Å². The van der Waals surface area contributed by atoms with Gasteiger partial charge < -0.3 is 15.0 Å². The summed E-state index contributed by atoms with van der Waals surface area (Å²) in [7, 11) is 0. The van der Waals surface area contributed by atoms with Gasteiger partial charge in [0.05, 0.1) is 18.1 Å². The van der Waals surface area contributed by atoms with Crippen molar-refractivity contribution < 1.29 is 13.9 Å². The Labute approximate surface area is 166 Å². The second kappa shape index (κ2) is 8.50. The van der Waals surface area contributed by atoms with E-state index in [-0.39, 0.29) is 11.7 Å². The van der Waals surface area contributed by atoms with Gasteiger partial charge in [-0.15, -0.1) is 11.3 Å². The Morgan fingerprint density at radius 2 is 1.96 bits per heavy atom. The second-order valence-electron chi connectivity index (χ2n) is 6.45. The smallest absolute Gasteiger partial charge is 0.261 e. The molecule has 1 fully saturated rings. The number of benzene rings is 1. The zero-order valence-corrected chi connectivity index (χ0v) is 16.0. The van der Waals surface area contributed by atoms with Crippen LogP contribution in [0.3, 0.4) is 0 Å². The molecule has 1 aromatic carbocycles. The normalized spacial score (nSPS) is 14.1. The number of amides is 1. The first kappa shape index (κ1) is 18.6. The van der Waals surface area contributed by atoms with Crippen molar-refractivity contribution in [1.29, 1.82) is 0 Å². The third kappa shape index (κ3) is 4.21. The number of carbonyl (C=O) groups excluding carboxylic acids is 1. The standard InChI is InChI=1S/C21H20FN3O2S/c22-17-4-2-1-3-16(17)18-6-7-19(28-18)21(26)24-14-15-5-8-20(23-13-15)25-9-11-27-12-10-25/h1-8,13H,9-12,14H2,(H,24,26). The molecule has 144 valence electrons. The molecule has 0 spiro atoms. The molecule has 28 heavy (non-hydrogen) atoms. The van der Waals surface area contributed by atoms with Crippen LogP contribution in [0.2, 0.25) is 0 Å². The molecule has 2 aromatic heterocycles. The quantitative estimate of drug-likeness (QED) is 0.713. The first-order chi connectivity index (χ1) is 13.7. The van der Waals surface area contributed by atoms with Crippen molar-refractivity contribution in [2.45, 2.75) is 6.54 Å². The largest absolute Gasteiger partial charge is 0.378 e. The molecule has 1 amide bonds. The number of nitrogens with zero attached hydrogens (tertiary/aromatic N) is 2. The number of anilines is 1. The van der Waals surface area contributed by atoms with Crippen LogP contribution in [-0.4, -0.2) is 37.2 Å². The Morgan fingerprint density at radius 1 is 1.14 bits per heavy atom. The summed E-state index contributed by atoms with van der Waals surface area (Å²) in [5, 5.41) is 2.90. The average Bonchev–Trinajstić information content (AvgIpc) is 3.23. The van der Waals surface area contributed by atoms with E-state index in [1.54, 1.807) is 36.5 Å². The van der Waals surface area contributed by atoms with E-state index in [4.69, 9.17) is 4.74 Å². The predicted octanol–water partition coefficient (Wildman–Crippen LogP) is 3.72. The lowest BCUT2D eigenvalue weighted by Crippen LogP contribution is -2.36. The van der Waals surface area contributed by atoms with Gasteiger partial charge in [-0.25, -0.2) is 9.37 Å². The first-order valence-corrected chi connectivity index (χ1v) is 9.93. The van der Waals surface area contributed by atoms with Crippen LogP contribution in [0.25, 0.3) is 10.4 Å². The summed E-state index contributed by atoms with van der Waals surface area (Å²) >= 11 is 1.28. The number of thiophene rings is 1. The molecule has 7 heteroatoms. The number of morpholine rings is 1. The van der Waals surface area contributed by atoms with Crippen molar-refractivity contribution in [1.82, 2.24) is 10.3 Å². The fourth-order valence-corrected chi connectivity index (χ4v) is 3.99. The summed E-state index contributed by atoms with van der Waals surface area (Å²) < 4.78 is 19.3. The number of halogens is 1. The molecule has 5 nitrogen and oxygen atoms in total. The Bertz CT molecular complexity index is 952. The van der Waals surface area contributed by atoms with Crippen molar-refractivity contribution in [2.75, 3.05) is 31.2 Å². The van der Waals surface area contributed by atoms with Gasteiger partial charge in [0.15, 0.2) is 0 Å². The number of carbonyl (C=O) groups is 1. The summed E-state index contributed by atoms with van der Waals surface area (Å²) in [6, 6.07) is 14.0. The van der Waals surface area contributed by atoms with Crippen LogP contribution >= 0.6 is 11.3 Å². The molecule has 0 atom stereocenters. The van der Waals surface area contributed by atoms with Crippen molar-refractivity contribution in [2.24, 2.45) is 0 Å². The zero-order valence-electron chi connectivity index (χ0n) is 15.2. The van der Waals surface area contributed by atoms with Crippen molar-refractivity contribution in [3.8, 4) is 10.4 Å². The van der Waals surface area contributed by atoms with Gasteiger partial charge in [0, 0.05) is 36.3 Å². The van der Waals surface area contributed by atoms with Crippen LogP contribution in [0.4, 0.5) is 10.2 Å². The van der Waals surface area contributed by atoms with Crippen LogP contribution in [-0.2, 0) is 11.3 Å². The summed E-state index contributed by atoms with van der Waals surface area (Å²) in [6.45, 7) is 3.50. The minimum Gasteiger partial charge on any atom is -0.378 e. The number of hydrogen-bond acceptors (Lipinski definition) is 5. The number of aromatic nitrogens is 1. The molecule has 0 unspecified atom stereocenters. The average molecular weight is 397 g/mol. The Balaban J connectivity index is 1.36. The van der Waals surface area contributed by atoms with E-state index in [1.165, 1.54) is 17.4 Å². The monoisotopic (exact) mass is 397 g/mol. The maximum absolute atomic E-state index is 13.9. The summed E-state index contributed by atoms with van der Waals surface area (Å²) in [5.74, 6) is 0.457. The van der Waals surface area contributed by atoms with Crippen LogP contribution in [0, 0.1) is 5.82 Å². The fourth-order valence-electron chi connectivity index (χ4n) is 3.04. The minimum atomic E-state index is -0.289. The number of rotatable bonds is 5. The Morgan fingerprint density at radius 3 is 2.71 bits per heavy atom. The topological polar surface area (TPSA) is 54.5 Å². The van der Waals surface area contributed by atoms with E-state index in [2.05, 4.69) is 15.2 Å². The number of ether oxygens (including phenoxy) is 1. The van der Waals surface area contributed by atoms with E-state index in [0.717, 1.165) is 42.6 Å². The van der Waals surface area contributed by atoms with Gasteiger partial charge in [0.2, 0.25) is 0 Å². The van der Waals surface area contributed by atoms with E-state index < -0.39 is 0 Å². The van der Waals surface area contributed by atoms with Gasteiger partial charge in [-0.05, 0) is 29.8 Å². The maximum Gasteiger partial charge on any atom is 0.261 e. The molecule has 1 aliphatic heterocycles. The van der Waals surface area contributed by atoms with Gasteiger partial charge in [-0.1, -0.05) is 24.3 Å². The lowest BCUT2D eigenvalue weighted by Gasteiger charge is -2.27. The molecule has 0 radical (unpaired) electrons. The highest BCUT2D eigenvalue weighted by Crippen LogP contribution is 2.30. The van der Waals surface area contributed by atoms with Gasteiger partial charge in [-0.3, -0.25) is 4.79 Å². The number of hydrogen-bond donors (Lipinski definition) is 1. The molecule has 1 saturated heterocycles. The molecule has 0 aliphatic carbocycles. The molecule has 3 heterocycles. The van der Waals surface area contributed by atoms with Crippen molar-refractivity contribution >= 4 is 23.1 Å². The van der Waals surface area contributed by atoms with Crippen molar-refractivity contribution in [3.63, 3.8) is 0 Å². The predicted molar refractivity (Wildman–Crippen MR) is 108 cm³/mol. The Hall–Kier alpha value is -2.77. The van der Waals surface area contributed by atoms with E-state index in [9.17, 15) is 9.18 Å². The molecule has 3 aromatic rings. The van der Waals surface area contributed by atoms with Crippen molar-refractivity contribution in [3.05, 3.63) is 71.0 Å². The lowest BCUT2D eigenvalue weighted by atomic mass is 10.2. The summed E-state index contributed by atoms with van der Waals surface area (Å²) in [6.07, 6.45) is 1.78. The molecule has 0 saturated carbocycles. The SMILES string of the molecule is O=C(NCc1ccc(N2CCOCC2)nc1)c1ccc(-c2ccccc2F)s1. The first-order valence-electron chi connectivity index (χ1n) is 9.11. The van der Waals surface area contributed by atoms with Crippen LogP contribution < -0.4 is 10.2 Å². The number of pyridine rings is 1. The molecule has 4 rings (SSSR count). The molecule has 0 bridgehead atoms. The van der Waals surface area contributed by atoms with Crippen LogP contribution in [0.5, 0.6) is 0 Å². The third-order valence-corrected chi connectivity index (χ3v) is 5.68. The molecule has 1 aliphatic rings. The minimum absolute atomic E-state index is 0.176. The fraction of sp³-hybridized carbons (Fsp3) is 0.238. The maximum atomic E-state index is 13.9. The summed E-state index contributed by atoms with van der Waals surface area (Å²) in [4.78, 5) is 20.4. The summed E-state index contributed by atoms with van der Waals surface area (Å²) in [5.41, 5.74) is 1.44. The zero-order chi connectivity index (χ0) is 19.3. The second-order valence-corrected chi connectivity index (χ2v) is 7.53. The molecular formula is C21H20FN3O2S. The highest BCUT2D eigenvalue weighted by Gasteiger charge is 2.14. The van der Waals surface area contributed by atoms with Crippen LogP contribution in [0.15, 0.2) is 54.7 Å². The molecular weight excluding hydrogens is 377 g/mol. The highest BCUT2D eigenvalue weighted by atomic mass is 32.1. The third-order valence-electron chi connectivity index (χ3n) is 4.57. The van der Waals surface area contributed by atoms with Gasteiger partial charge in [0.25, 0.3) is 5.91 Å². The van der Waals surface area contributed by atoms with Crippen LogP contribution in [0.1, 0.15) is 15.2 Å². The van der Waals surface area contributed by atoms with E-state index in [0.29, 0.717) is 17.0 Å². The number of nitrogens with one attached hydrogen (secondary N) is 1.